The summed E-state index contributed by atoms with van der Waals surface area (Å²) in [6.45, 7) is 4.54. The zero-order valence-electron chi connectivity index (χ0n) is 33.0. The van der Waals surface area contributed by atoms with Gasteiger partial charge in [0.2, 0.25) is 11.8 Å². The van der Waals surface area contributed by atoms with Gasteiger partial charge < -0.3 is 5.73 Å². The van der Waals surface area contributed by atoms with E-state index < -0.39 is 17.8 Å². The molecule has 0 bridgehead atoms. The molecule has 0 aliphatic carbocycles. The second-order valence-electron chi connectivity index (χ2n) is 15.2. The third kappa shape index (κ3) is 25.7. The lowest BCUT2D eigenvalue weighted by molar-refractivity contribution is -0.143. The Morgan fingerprint density at radius 3 is 1.24 bits per heavy atom. The molecule has 1 unspecified atom stereocenters. The Hall–Kier alpha value is -2.17. The second-order valence-corrected chi connectivity index (χ2v) is 15.2. The molecule has 0 spiro atoms. The molecule has 0 aromatic heterocycles. The Labute approximate surface area is 309 Å². The van der Waals surface area contributed by atoms with E-state index in [0.717, 1.165) is 37.0 Å². The highest BCUT2D eigenvalue weighted by Gasteiger charge is 2.31. The van der Waals surface area contributed by atoms with E-state index in [1.165, 1.54) is 160 Å². The van der Waals surface area contributed by atoms with Crippen molar-refractivity contribution in [3.8, 4) is 0 Å². The Kier molecular flexibility index (Phi) is 31.1. The van der Waals surface area contributed by atoms with Gasteiger partial charge in [0.25, 0.3) is 0 Å². The van der Waals surface area contributed by atoms with Gasteiger partial charge in [0, 0.05) is 12.3 Å². The Balaban J connectivity index is 2.35. The quantitative estimate of drug-likeness (QED) is 0.0717. The summed E-state index contributed by atoms with van der Waals surface area (Å²) in [5, 5.41) is 0. The predicted octanol–water partition coefficient (Wildman–Crippen LogP) is 13.8. The minimum Gasteiger partial charge on any atom is -0.351 e. The molecule has 2 N–H and O–H groups in total. The molecule has 0 aliphatic rings. The molecule has 0 saturated carbocycles. The summed E-state index contributed by atoms with van der Waals surface area (Å²) in [7, 11) is 0. The fourth-order valence-electron chi connectivity index (χ4n) is 7.26. The van der Waals surface area contributed by atoms with Crippen molar-refractivity contribution in [1.82, 2.24) is 4.90 Å². The molecule has 1 aromatic carbocycles. The van der Waals surface area contributed by atoms with Crippen LogP contribution >= 0.6 is 0 Å². The lowest BCUT2D eigenvalue weighted by Gasteiger charge is -2.23. The van der Waals surface area contributed by atoms with Crippen molar-refractivity contribution >= 4 is 17.8 Å². The van der Waals surface area contributed by atoms with Crippen molar-refractivity contribution in [2.45, 2.75) is 226 Å². The fourth-order valence-corrected chi connectivity index (χ4v) is 7.26. The van der Waals surface area contributed by atoms with Gasteiger partial charge in [-0.25, -0.2) is 9.69 Å². The smallest absolute Gasteiger partial charge is 0.328 e. The lowest BCUT2D eigenvalue weighted by atomic mass is 9.92. The average Bonchev–Trinajstić information content (AvgIpc) is 3.11. The number of aryl methyl sites for hydroxylation is 1. The number of rotatable bonds is 35. The van der Waals surface area contributed by atoms with Crippen molar-refractivity contribution in [3.05, 3.63) is 35.9 Å². The van der Waals surface area contributed by atoms with E-state index in [9.17, 15) is 14.4 Å². The number of amides is 4. The van der Waals surface area contributed by atoms with Gasteiger partial charge in [0.15, 0.2) is 0 Å². The number of hydrogen-bond donors (Lipinski definition) is 1. The van der Waals surface area contributed by atoms with Crippen LogP contribution in [0.15, 0.2) is 30.3 Å². The molecule has 1 aromatic rings. The number of hydrogen-bond acceptors (Lipinski definition) is 3. The zero-order valence-corrected chi connectivity index (χ0v) is 33.0. The molecule has 4 amide bonds. The van der Waals surface area contributed by atoms with E-state index in [1.807, 2.05) is 18.2 Å². The zero-order chi connectivity index (χ0) is 36.3. The number of nitrogens with two attached hydrogens (primary N) is 1. The lowest BCUT2D eigenvalue weighted by Crippen LogP contribution is -2.47. The number of urea groups is 1. The largest absolute Gasteiger partial charge is 0.351 e. The Bertz CT molecular complexity index is 934. The average molecular weight is 697 g/mol. The molecular formula is C45H80N2O3. The van der Waals surface area contributed by atoms with Crippen LogP contribution in [-0.4, -0.2) is 22.7 Å². The van der Waals surface area contributed by atoms with Crippen molar-refractivity contribution in [1.29, 1.82) is 0 Å². The minimum absolute atomic E-state index is 0.206. The van der Waals surface area contributed by atoms with Gasteiger partial charge in [-0.15, -0.1) is 0 Å². The number of carbonyl (C=O) groups excluding carboxylic acids is 3. The van der Waals surface area contributed by atoms with Crippen molar-refractivity contribution in [3.63, 3.8) is 0 Å². The molecule has 5 heteroatoms. The summed E-state index contributed by atoms with van der Waals surface area (Å²) >= 11 is 0. The van der Waals surface area contributed by atoms with Crippen LogP contribution in [0.4, 0.5) is 4.79 Å². The van der Waals surface area contributed by atoms with Crippen molar-refractivity contribution < 1.29 is 14.4 Å². The molecule has 0 aliphatic heterocycles. The summed E-state index contributed by atoms with van der Waals surface area (Å²) in [5.74, 6) is -1.19. The van der Waals surface area contributed by atoms with E-state index in [4.69, 9.17) is 5.73 Å². The van der Waals surface area contributed by atoms with Gasteiger partial charge in [-0.1, -0.05) is 224 Å². The van der Waals surface area contributed by atoms with E-state index in [2.05, 4.69) is 26.0 Å². The third-order valence-electron chi connectivity index (χ3n) is 10.6. The van der Waals surface area contributed by atoms with Gasteiger partial charge >= 0.3 is 6.03 Å². The number of carbonyl (C=O) groups is 3. The SMILES string of the molecule is CCCCCCCCCCCCCCCCCC(=O)N(C(N)=O)C(=O)C(CCCCCCCCCCCCCCCC)CCc1ccccc1. The monoisotopic (exact) mass is 697 g/mol. The van der Waals surface area contributed by atoms with Gasteiger partial charge in [0.05, 0.1) is 0 Å². The highest BCUT2D eigenvalue weighted by atomic mass is 16.2. The molecule has 288 valence electrons. The first-order valence-corrected chi connectivity index (χ1v) is 21.7. The maximum absolute atomic E-state index is 13.7. The van der Waals surface area contributed by atoms with Crippen LogP contribution in [0.3, 0.4) is 0 Å². The van der Waals surface area contributed by atoms with Crippen molar-refractivity contribution in [2.24, 2.45) is 11.7 Å². The summed E-state index contributed by atoms with van der Waals surface area (Å²) in [6, 6.07) is 9.23. The molecule has 0 fully saturated rings. The van der Waals surface area contributed by atoms with Gasteiger partial charge in [0.1, 0.15) is 0 Å². The number of benzene rings is 1. The first kappa shape index (κ1) is 45.9. The van der Waals surface area contributed by atoms with Crippen LogP contribution in [0, 0.1) is 5.92 Å². The van der Waals surface area contributed by atoms with E-state index in [1.54, 1.807) is 0 Å². The number of imide groups is 3. The molecule has 0 saturated heterocycles. The third-order valence-corrected chi connectivity index (χ3v) is 10.6. The highest BCUT2D eigenvalue weighted by molar-refractivity contribution is 6.10. The van der Waals surface area contributed by atoms with Crippen LogP contribution in [0.2, 0.25) is 0 Å². The number of primary amides is 1. The molecule has 50 heavy (non-hydrogen) atoms. The fraction of sp³-hybridized carbons (Fsp3) is 0.800. The normalized spacial score (nSPS) is 11.9. The Morgan fingerprint density at radius 1 is 0.500 bits per heavy atom. The molecule has 1 rings (SSSR count). The van der Waals surface area contributed by atoms with E-state index >= 15 is 0 Å². The minimum atomic E-state index is -0.924. The second kappa shape index (κ2) is 33.9. The van der Waals surface area contributed by atoms with Crippen LogP contribution in [0.25, 0.3) is 0 Å². The first-order chi connectivity index (χ1) is 24.5. The molecular weight excluding hydrogens is 617 g/mol. The standard InChI is InChI=1S/C45H80N2O3/c1-3-5-7-9-11-13-15-17-19-21-23-25-27-29-34-38-43(48)47(45(46)50)44(49)42(40-39-41-35-31-30-32-36-41)37-33-28-26-24-22-20-18-16-14-12-10-8-6-4-2/h30-32,35-36,42H,3-29,33-34,37-40H2,1-2H3,(H2,46,50). The molecule has 5 nitrogen and oxygen atoms in total. The van der Waals surface area contributed by atoms with Crippen LogP contribution in [0.1, 0.15) is 225 Å². The number of unbranched alkanes of at least 4 members (excludes halogenated alkanes) is 27. The maximum Gasteiger partial charge on any atom is 0.328 e. The number of nitrogens with zero attached hydrogens (tertiary/aromatic N) is 1. The Morgan fingerprint density at radius 2 is 0.860 bits per heavy atom. The molecule has 1 atom stereocenters. The predicted molar refractivity (Wildman–Crippen MR) is 214 cm³/mol. The van der Waals surface area contributed by atoms with Crippen LogP contribution in [0.5, 0.6) is 0 Å². The van der Waals surface area contributed by atoms with E-state index in [0.29, 0.717) is 19.3 Å². The molecule has 0 heterocycles. The van der Waals surface area contributed by atoms with Gasteiger partial charge in [-0.3, -0.25) is 9.59 Å². The van der Waals surface area contributed by atoms with Crippen LogP contribution in [-0.2, 0) is 16.0 Å². The first-order valence-electron chi connectivity index (χ1n) is 21.7. The van der Waals surface area contributed by atoms with Gasteiger partial charge in [-0.2, -0.15) is 0 Å². The van der Waals surface area contributed by atoms with E-state index in [-0.39, 0.29) is 12.3 Å². The van der Waals surface area contributed by atoms with Crippen LogP contribution < -0.4 is 5.73 Å². The highest BCUT2D eigenvalue weighted by Crippen LogP contribution is 2.22. The topological polar surface area (TPSA) is 80.5 Å². The summed E-state index contributed by atoms with van der Waals surface area (Å²) in [6.07, 6.45) is 39.1. The van der Waals surface area contributed by atoms with Crippen molar-refractivity contribution in [2.75, 3.05) is 0 Å². The van der Waals surface area contributed by atoms with Gasteiger partial charge in [-0.05, 0) is 31.2 Å². The maximum atomic E-state index is 13.7. The summed E-state index contributed by atoms with van der Waals surface area (Å²) < 4.78 is 0. The summed E-state index contributed by atoms with van der Waals surface area (Å²) in [4.78, 5) is 40.0. The molecule has 0 radical (unpaired) electrons. The summed E-state index contributed by atoms with van der Waals surface area (Å²) in [5.41, 5.74) is 6.83.